The second-order valence-electron chi connectivity index (χ2n) is 4.52. The van der Waals surface area contributed by atoms with Crippen LogP contribution in [-0.2, 0) is 17.6 Å². The Morgan fingerprint density at radius 3 is 3.37 bits per heavy atom. The monoisotopic (exact) mass is 276 g/mol. The molecule has 5 nitrogen and oxygen atoms in total. The predicted molar refractivity (Wildman–Crippen MR) is 74.1 cm³/mol. The van der Waals surface area contributed by atoms with E-state index in [1.165, 1.54) is 4.88 Å². The fourth-order valence-electron chi connectivity index (χ4n) is 2.30. The highest BCUT2D eigenvalue weighted by Gasteiger charge is 2.27. The maximum absolute atomic E-state index is 12.2. The van der Waals surface area contributed by atoms with Gasteiger partial charge in [-0.3, -0.25) is 4.79 Å². The van der Waals surface area contributed by atoms with Gasteiger partial charge in [-0.2, -0.15) is 0 Å². The summed E-state index contributed by atoms with van der Waals surface area (Å²) >= 11 is 1.72. The molecule has 19 heavy (non-hydrogen) atoms. The Bertz CT molecular complexity index is 549. The van der Waals surface area contributed by atoms with Gasteiger partial charge in [0, 0.05) is 30.1 Å². The number of aromatic nitrogens is 2. The van der Waals surface area contributed by atoms with E-state index in [-0.39, 0.29) is 11.9 Å². The van der Waals surface area contributed by atoms with Gasteiger partial charge in [0.05, 0.1) is 12.0 Å². The summed E-state index contributed by atoms with van der Waals surface area (Å²) in [5.41, 5.74) is 1.90. The highest BCUT2D eigenvalue weighted by atomic mass is 32.1. The van der Waals surface area contributed by atoms with Crippen LogP contribution in [-0.4, -0.2) is 29.0 Å². The van der Waals surface area contributed by atoms with Crippen LogP contribution in [0.4, 0.5) is 0 Å². The highest BCUT2D eigenvalue weighted by molar-refractivity contribution is 7.09. The summed E-state index contributed by atoms with van der Waals surface area (Å²) in [6, 6.07) is 3.79. The normalized spacial score (nSPS) is 18.0. The number of thiophene rings is 1. The standard InChI is InChI=1S/C13H16N4OS/c18-13(15-5-3-9-2-1-7-19-9)12-11-10(4-6-14-12)16-8-17-11/h1-2,7-8,12,14H,3-6H2,(H,15,18)(H,16,17)/t12-/m0/s1. The van der Waals surface area contributed by atoms with Gasteiger partial charge in [-0.1, -0.05) is 6.07 Å². The molecule has 6 heteroatoms. The van der Waals surface area contributed by atoms with Crippen LogP contribution in [0.15, 0.2) is 23.8 Å². The molecule has 0 fully saturated rings. The van der Waals surface area contributed by atoms with Crippen molar-refractivity contribution < 1.29 is 4.79 Å². The molecule has 1 amide bonds. The Kier molecular flexibility index (Phi) is 3.61. The molecule has 0 saturated carbocycles. The number of aromatic amines is 1. The first-order valence-corrected chi connectivity index (χ1v) is 7.28. The lowest BCUT2D eigenvalue weighted by molar-refractivity contribution is -0.123. The van der Waals surface area contributed by atoms with Crippen molar-refractivity contribution in [2.24, 2.45) is 0 Å². The predicted octanol–water partition coefficient (Wildman–Crippen LogP) is 1.02. The summed E-state index contributed by atoms with van der Waals surface area (Å²) < 4.78 is 0. The largest absolute Gasteiger partial charge is 0.354 e. The number of nitrogens with zero attached hydrogens (tertiary/aromatic N) is 1. The second kappa shape index (κ2) is 5.54. The van der Waals surface area contributed by atoms with Crippen molar-refractivity contribution in [3.8, 4) is 0 Å². The van der Waals surface area contributed by atoms with Gasteiger partial charge in [0.2, 0.25) is 5.91 Å². The number of H-pyrrole nitrogens is 1. The van der Waals surface area contributed by atoms with Crippen LogP contribution in [0.5, 0.6) is 0 Å². The van der Waals surface area contributed by atoms with E-state index in [9.17, 15) is 4.79 Å². The Morgan fingerprint density at radius 1 is 1.58 bits per heavy atom. The van der Waals surface area contributed by atoms with Crippen LogP contribution in [0, 0.1) is 0 Å². The highest BCUT2D eigenvalue weighted by Crippen LogP contribution is 2.19. The number of carbonyl (C=O) groups is 1. The molecule has 0 spiro atoms. The Hall–Kier alpha value is -1.66. The molecule has 1 atom stereocenters. The van der Waals surface area contributed by atoms with Gasteiger partial charge in [0.15, 0.2) is 0 Å². The van der Waals surface area contributed by atoms with Crippen molar-refractivity contribution in [1.29, 1.82) is 0 Å². The van der Waals surface area contributed by atoms with Crippen LogP contribution >= 0.6 is 11.3 Å². The van der Waals surface area contributed by atoms with Gasteiger partial charge in [-0.05, 0) is 17.9 Å². The van der Waals surface area contributed by atoms with Crippen molar-refractivity contribution in [2.75, 3.05) is 13.1 Å². The van der Waals surface area contributed by atoms with E-state index in [1.54, 1.807) is 17.7 Å². The summed E-state index contributed by atoms with van der Waals surface area (Å²) in [6.45, 7) is 1.47. The number of rotatable bonds is 4. The first-order valence-electron chi connectivity index (χ1n) is 6.40. The van der Waals surface area contributed by atoms with Crippen molar-refractivity contribution in [1.82, 2.24) is 20.6 Å². The van der Waals surface area contributed by atoms with Crippen molar-refractivity contribution in [2.45, 2.75) is 18.9 Å². The molecule has 0 aliphatic carbocycles. The number of carbonyl (C=O) groups excluding carboxylic acids is 1. The van der Waals surface area contributed by atoms with Gasteiger partial charge in [0.25, 0.3) is 0 Å². The molecule has 0 aromatic carbocycles. The zero-order chi connectivity index (χ0) is 13.1. The molecule has 2 aromatic rings. The first kappa shape index (κ1) is 12.4. The minimum absolute atomic E-state index is 0.00426. The molecule has 1 aliphatic heterocycles. The quantitative estimate of drug-likeness (QED) is 0.781. The Balaban J connectivity index is 1.57. The van der Waals surface area contributed by atoms with Crippen molar-refractivity contribution in [3.05, 3.63) is 40.1 Å². The summed E-state index contributed by atoms with van der Waals surface area (Å²) in [4.78, 5) is 20.8. The first-order chi connectivity index (χ1) is 9.34. The number of imidazole rings is 1. The Morgan fingerprint density at radius 2 is 2.53 bits per heavy atom. The number of amides is 1. The molecule has 0 saturated heterocycles. The summed E-state index contributed by atoms with van der Waals surface area (Å²) in [5.74, 6) is 0.00426. The maximum Gasteiger partial charge on any atom is 0.243 e. The van der Waals surface area contributed by atoms with Gasteiger partial charge in [0.1, 0.15) is 6.04 Å². The van der Waals surface area contributed by atoms with Crippen LogP contribution in [0.3, 0.4) is 0 Å². The minimum Gasteiger partial charge on any atom is -0.354 e. The van der Waals surface area contributed by atoms with E-state index >= 15 is 0 Å². The number of hydrogen-bond donors (Lipinski definition) is 3. The number of fused-ring (bicyclic) bond motifs is 1. The fraction of sp³-hybridized carbons (Fsp3) is 0.385. The molecule has 0 unspecified atom stereocenters. The van der Waals surface area contributed by atoms with Gasteiger partial charge in [-0.25, -0.2) is 4.98 Å². The van der Waals surface area contributed by atoms with E-state index in [4.69, 9.17) is 0 Å². The van der Waals surface area contributed by atoms with E-state index in [1.807, 2.05) is 6.07 Å². The topological polar surface area (TPSA) is 69.8 Å². The van der Waals surface area contributed by atoms with Gasteiger partial charge >= 0.3 is 0 Å². The maximum atomic E-state index is 12.2. The van der Waals surface area contributed by atoms with E-state index in [2.05, 4.69) is 32.0 Å². The molecule has 100 valence electrons. The average molecular weight is 276 g/mol. The number of nitrogens with one attached hydrogen (secondary N) is 3. The summed E-state index contributed by atoms with van der Waals surface area (Å²) in [5, 5.41) is 8.24. The average Bonchev–Trinajstić information content (AvgIpc) is 3.08. The van der Waals surface area contributed by atoms with E-state index in [0.29, 0.717) is 6.54 Å². The smallest absolute Gasteiger partial charge is 0.243 e. The van der Waals surface area contributed by atoms with Gasteiger partial charge in [-0.15, -0.1) is 11.3 Å². The third kappa shape index (κ3) is 2.69. The molecule has 3 rings (SSSR count). The van der Waals surface area contributed by atoms with Crippen LogP contribution in [0.2, 0.25) is 0 Å². The van der Waals surface area contributed by atoms with E-state index < -0.39 is 0 Å². The van der Waals surface area contributed by atoms with E-state index in [0.717, 1.165) is 30.8 Å². The van der Waals surface area contributed by atoms with Gasteiger partial charge < -0.3 is 15.6 Å². The third-order valence-corrected chi connectivity index (χ3v) is 4.20. The molecule has 3 N–H and O–H groups in total. The summed E-state index contributed by atoms with van der Waals surface area (Å²) in [7, 11) is 0. The molecule has 1 aliphatic rings. The number of hydrogen-bond acceptors (Lipinski definition) is 4. The SMILES string of the molecule is O=C(NCCc1cccs1)[C@H]1NCCc2[nH]cnc21. The summed E-state index contributed by atoms with van der Waals surface area (Å²) in [6.07, 6.45) is 3.43. The van der Waals surface area contributed by atoms with Crippen LogP contribution in [0.1, 0.15) is 22.3 Å². The van der Waals surface area contributed by atoms with Crippen LogP contribution in [0.25, 0.3) is 0 Å². The Labute approximate surface area is 115 Å². The zero-order valence-corrected chi connectivity index (χ0v) is 11.3. The molecular weight excluding hydrogens is 260 g/mol. The lowest BCUT2D eigenvalue weighted by Gasteiger charge is -2.22. The molecular formula is C13H16N4OS. The molecule has 0 bridgehead atoms. The fourth-order valence-corrected chi connectivity index (χ4v) is 3.01. The third-order valence-electron chi connectivity index (χ3n) is 3.26. The second-order valence-corrected chi connectivity index (χ2v) is 5.56. The lowest BCUT2D eigenvalue weighted by Crippen LogP contribution is -2.42. The van der Waals surface area contributed by atoms with Crippen molar-refractivity contribution >= 4 is 17.2 Å². The molecule has 3 heterocycles. The minimum atomic E-state index is -0.321. The van der Waals surface area contributed by atoms with Crippen molar-refractivity contribution in [3.63, 3.8) is 0 Å². The zero-order valence-electron chi connectivity index (χ0n) is 10.5. The molecule has 0 radical (unpaired) electrons. The lowest BCUT2D eigenvalue weighted by atomic mass is 10.1. The van der Waals surface area contributed by atoms with Crippen LogP contribution < -0.4 is 10.6 Å². The molecule has 2 aromatic heterocycles.